The van der Waals surface area contributed by atoms with Crippen molar-refractivity contribution >= 4 is 0 Å². The first-order valence-electron chi connectivity index (χ1n) is 6.54. The van der Waals surface area contributed by atoms with E-state index in [-0.39, 0.29) is 0 Å². The minimum absolute atomic E-state index is 0.619. The van der Waals surface area contributed by atoms with Crippen LogP contribution >= 0.6 is 0 Å². The fourth-order valence-corrected chi connectivity index (χ4v) is 2.47. The number of aromatic nitrogens is 3. The van der Waals surface area contributed by atoms with Gasteiger partial charge in [-0.15, -0.1) is 0 Å². The standard InChI is InChI=1S/C12H20N4/c1-2-4-10(3-1)12-14-11(15-16-12)8-13-7-9-5-6-9/h9-10,13H,1-8H2,(H,14,15,16). The van der Waals surface area contributed by atoms with E-state index in [1.54, 1.807) is 0 Å². The third-order valence-corrected chi connectivity index (χ3v) is 3.69. The number of nitrogens with zero attached hydrogens (tertiary/aromatic N) is 2. The van der Waals surface area contributed by atoms with E-state index in [2.05, 4.69) is 20.5 Å². The van der Waals surface area contributed by atoms with E-state index >= 15 is 0 Å². The molecule has 0 aliphatic heterocycles. The summed E-state index contributed by atoms with van der Waals surface area (Å²) in [7, 11) is 0. The number of H-pyrrole nitrogens is 1. The van der Waals surface area contributed by atoms with Gasteiger partial charge in [0.2, 0.25) is 0 Å². The molecule has 0 atom stereocenters. The van der Waals surface area contributed by atoms with E-state index in [9.17, 15) is 0 Å². The normalized spacial score (nSPS) is 21.8. The zero-order valence-electron chi connectivity index (χ0n) is 9.71. The zero-order valence-corrected chi connectivity index (χ0v) is 9.71. The lowest BCUT2D eigenvalue weighted by Crippen LogP contribution is -2.17. The molecule has 16 heavy (non-hydrogen) atoms. The highest BCUT2D eigenvalue weighted by Gasteiger charge is 2.22. The number of nitrogens with one attached hydrogen (secondary N) is 2. The fraction of sp³-hybridized carbons (Fsp3) is 0.833. The monoisotopic (exact) mass is 220 g/mol. The predicted molar refractivity (Wildman–Crippen MR) is 62.0 cm³/mol. The second-order valence-corrected chi connectivity index (χ2v) is 5.20. The Kier molecular flexibility index (Phi) is 2.91. The highest BCUT2D eigenvalue weighted by Crippen LogP contribution is 2.31. The van der Waals surface area contributed by atoms with Crippen molar-refractivity contribution in [3.8, 4) is 0 Å². The van der Waals surface area contributed by atoms with Crippen molar-refractivity contribution in [1.29, 1.82) is 0 Å². The molecule has 2 fully saturated rings. The molecule has 1 heterocycles. The third kappa shape index (κ3) is 2.43. The molecule has 0 bridgehead atoms. The minimum atomic E-state index is 0.619. The average molecular weight is 220 g/mol. The van der Waals surface area contributed by atoms with Crippen molar-refractivity contribution in [2.45, 2.75) is 51.0 Å². The smallest absolute Gasteiger partial charge is 0.153 e. The molecule has 0 unspecified atom stereocenters. The van der Waals surface area contributed by atoms with Crippen LogP contribution in [0.5, 0.6) is 0 Å². The fourth-order valence-electron chi connectivity index (χ4n) is 2.47. The Morgan fingerprint density at radius 2 is 2.00 bits per heavy atom. The summed E-state index contributed by atoms with van der Waals surface area (Å²) < 4.78 is 0. The lowest BCUT2D eigenvalue weighted by atomic mass is 10.1. The Labute approximate surface area is 96.2 Å². The number of rotatable bonds is 5. The lowest BCUT2D eigenvalue weighted by Gasteiger charge is -2.01. The van der Waals surface area contributed by atoms with Gasteiger partial charge in [-0.05, 0) is 38.1 Å². The van der Waals surface area contributed by atoms with E-state index in [0.717, 1.165) is 30.7 Å². The SMILES string of the molecule is C1CCC(c2n[nH]c(CNCC3CC3)n2)C1. The van der Waals surface area contributed by atoms with Crippen molar-refractivity contribution < 1.29 is 0 Å². The van der Waals surface area contributed by atoms with E-state index in [1.165, 1.54) is 38.5 Å². The van der Waals surface area contributed by atoms with Gasteiger partial charge in [-0.3, -0.25) is 5.10 Å². The third-order valence-electron chi connectivity index (χ3n) is 3.69. The van der Waals surface area contributed by atoms with Crippen LogP contribution in [0.3, 0.4) is 0 Å². The molecular formula is C12H20N4. The number of aromatic amines is 1. The summed E-state index contributed by atoms with van der Waals surface area (Å²) >= 11 is 0. The predicted octanol–water partition coefficient (Wildman–Crippen LogP) is 1.96. The van der Waals surface area contributed by atoms with Crippen molar-refractivity contribution in [2.24, 2.45) is 5.92 Å². The zero-order chi connectivity index (χ0) is 10.8. The molecule has 88 valence electrons. The van der Waals surface area contributed by atoms with Crippen LogP contribution in [0.15, 0.2) is 0 Å². The summed E-state index contributed by atoms with van der Waals surface area (Å²) in [5.74, 6) is 3.59. The van der Waals surface area contributed by atoms with Gasteiger partial charge in [-0.2, -0.15) is 5.10 Å². The van der Waals surface area contributed by atoms with Crippen LogP contribution in [-0.2, 0) is 6.54 Å². The molecule has 0 spiro atoms. The largest absolute Gasteiger partial charge is 0.310 e. The van der Waals surface area contributed by atoms with Gasteiger partial charge in [0.25, 0.3) is 0 Å². The maximum atomic E-state index is 4.58. The second-order valence-electron chi connectivity index (χ2n) is 5.20. The highest BCUT2D eigenvalue weighted by molar-refractivity contribution is 4.99. The molecule has 0 amide bonds. The molecule has 2 saturated carbocycles. The van der Waals surface area contributed by atoms with E-state index in [1.807, 2.05) is 0 Å². The molecule has 4 nitrogen and oxygen atoms in total. The molecule has 0 radical (unpaired) electrons. The van der Waals surface area contributed by atoms with Crippen LogP contribution in [0, 0.1) is 5.92 Å². The van der Waals surface area contributed by atoms with Gasteiger partial charge in [0.05, 0.1) is 6.54 Å². The van der Waals surface area contributed by atoms with Crippen LogP contribution in [0.4, 0.5) is 0 Å². The summed E-state index contributed by atoms with van der Waals surface area (Å²) in [6.07, 6.45) is 8.02. The van der Waals surface area contributed by atoms with E-state index in [4.69, 9.17) is 0 Å². The van der Waals surface area contributed by atoms with Gasteiger partial charge in [0.15, 0.2) is 5.82 Å². The summed E-state index contributed by atoms with van der Waals surface area (Å²) in [6.45, 7) is 1.98. The van der Waals surface area contributed by atoms with E-state index in [0.29, 0.717) is 5.92 Å². The van der Waals surface area contributed by atoms with Crippen LogP contribution in [0.25, 0.3) is 0 Å². The van der Waals surface area contributed by atoms with Crippen molar-refractivity contribution in [3.05, 3.63) is 11.6 Å². The summed E-state index contributed by atoms with van der Waals surface area (Å²) in [5.41, 5.74) is 0. The molecule has 2 aliphatic rings. The Morgan fingerprint density at radius 1 is 1.19 bits per heavy atom. The topological polar surface area (TPSA) is 53.6 Å². The Hall–Kier alpha value is -0.900. The van der Waals surface area contributed by atoms with Crippen molar-refractivity contribution in [1.82, 2.24) is 20.5 Å². The minimum Gasteiger partial charge on any atom is -0.310 e. The van der Waals surface area contributed by atoms with Crippen molar-refractivity contribution in [3.63, 3.8) is 0 Å². The van der Waals surface area contributed by atoms with Gasteiger partial charge in [0, 0.05) is 5.92 Å². The molecule has 3 rings (SSSR count). The molecule has 4 heteroatoms. The summed E-state index contributed by atoms with van der Waals surface area (Å²) in [4.78, 5) is 4.58. The number of hydrogen-bond donors (Lipinski definition) is 2. The molecular weight excluding hydrogens is 200 g/mol. The van der Waals surface area contributed by atoms with E-state index < -0.39 is 0 Å². The highest BCUT2D eigenvalue weighted by atomic mass is 15.2. The Bertz CT molecular complexity index is 337. The quantitative estimate of drug-likeness (QED) is 0.797. The van der Waals surface area contributed by atoms with Crippen LogP contribution in [-0.4, -0.2) is 21.7 Å². The van der Waals surface area contributed by atoms with Crippen LogP contribution in [0.1, 0.15) is 56.1 Å². The summed E-state index contributed by atoms with van der Waals surface area (Å²) in [5, 5.41) is 10.8. The molecule has 2 aliphatic carbocycles. The lowest BCUT2D eigenvalue weighted by molar-refractivity contribution is 0.619. The first-order valence-corrected chi connectivity index (χ1v) is 6.54. The maximum Gasteiger partial charge on any atom is 0.153 e. The average Bonchev–Trinajstić information content (AvgIpc) is 2.83. The Morgan fingerprint density at radius 3 is 2.75 bits per heavy atom. The van der Waals surface area contributed by atoms with Crippen LogP contribution in [0.2, 0.25) is 0 Å². The molecule has 0 saturated heterocycles. The molecule has 2 N–H and O–H groups in total. The first kappa shape index (κ1) is 10.3. The first-order chi connectivity index (χ1) is 7.92. The van der Waals surface area contributed by atoms with Gasteiger partial charge in [0.1, 0.15) is 5.82 Å². The molecule has 1 aromatic heterocycles. The number of hydrogen-bond acceptors (Lipinski definition) is 3. The molecule has 1 aromatic rings. The van der Waals surface area contributed by atoms with Gasteiger partial charge < -0.3 is 5.32 Å². The van der Waals surface area contributed by atoms with Gasteiger partial charge in [-0.1, -0.05) is 12.8 Å². The maximum absolute atomic E-state index is 4.58. The Balaban J connectivity index is 1.50. The second kappa shape index (κ2) is 4.53. The van der Waals surface area contributed by atoms with Crippen molar-refractivity contribution in [2.75, 3.05) is 6.54 Å². The molecule has 0 aromatic carbocycles. The summed E-state index contributed by atoms with van der Waals surface area (Å²) in [6, 6.07) is 0. The van der Waals surface area contributed by atoms with Gasteiger partial charge >= 0.3 is 0 Å². The van der Waals surface area contributed by atoms with Gasteiger partial charge in [-0.25, -0.2) is 4.98 Å². The van der Waals surface area contributed by atoms with Crippen LogP contribution < -0.4 is 5.32 Å².